The Morgan fingerprint density at radius 1 is 0.500 bits per heavy atom. The monoisotopic (exact) mass is 358 g/mol. The van der Waals surface area contributed by atoms with Gasteiger partial charge in [0.25, 0.3) is 0 Å². The Hall–Kier alpha value is -0.121. The van der Waals surface area contributed by atoms with Crippen LogP contribution in [0.4, 0.5) is 0 Å². The van der Waals surface area contributed by atoms with Gasteiger partial charge in [-0.3, -0.25) is 0 Å². The fourth-order valence-corrected chi connectivity index (χ4v) is 0. The Kier molecular flexibility index (Phi) is 320. The molecule has 4 nitrogen and oxygen atoms in total. The van der Waals surface area contributed by atoms with Gasteiger partial charge in [0.15, 0.2) is 0 Å². The Morgan fingerprint density at radius 3 is 0.500 bits per heavy atom. The van der Waals surface area contributed by atoms with E-state index in [0.29, 0.717) is 0 Å². The minimum atomic E-state index is 0. The van der Waals surface area contributed by atoms with E-state index >= 15 is 0 Å². The molecule has 0 aromatic heterocycles. The summed E-state index contributed by atoms with van der Waals surface area (Å²) >= 11 is 14.8. The number of thiocyanates is 4. The first-order valence-electron chi connectivity index (χ1n) is 1.71. The van der Waals surface area contributed by atoms with Crippen molar-refractivity contribution >= 4 is 50.5 Å². The first-order chi connectivity index (χ1) is 5.66. The van der Waals surface area contributed by atoms with Gasteiger partial charge in [-0.25, -0.2) is 21.0 Å². The summed E-state index contributed by atoms with van der Waals surface area (Å²) in [6, 6.07) is 0. The molecule has 0 aliphatic carbocycles. The van der Waals surface area contributed by atoms with Gasteiger partial charge < -0.3 is 50.5 Å². The average Bonchev–Trinajstić information content (AvgIpc) is 1.92. The van der Waals surface area contributed by atoms with Crippen LogP contribution in [-0.2, 0) is 84.7 Å². The Labute approximate surface area is 126 Å². The number of nitrogens with zero attached hydrogens (tertiary/aromatic N) is 4. The second kappa shape index (κ2) is 121. The molecular weight excluding hydrogens is 359 g/mol. The predicted octanol–water partition coefficient (Wildman–Crippen LogP) is 0.0525. The topological polar surface area (TPSA) is 95.2 Å². The Bertz CT molecular complexity index is 161. The van der Waals surface area contributed by atoms with E-state index in [-0.39, 0.29) is 34.1 Å². The summed E-state index contributed by atoms with van der Waals surface area (Å²) in [4.78, 5) is 0. The van der Waals surface area contributed by atoms with Gasteiger partial charge in [-0.2, -0.15) is 0 Å². The molecule has 0 amide bonds. The second-order valence-corrected chi connectivity index (χ2v) is 1.10. The van der Waals surface area contributed by atoms with Crippen LogP contribution in [0.5, 0.6) is 0 Å². The number of hydrogen-bond acceptors (Lipinski definition) is 8. The molecule has 0 spiro atoms. The predicted molar refractivity (Wildman–Crippen MR) is 51.9 cm³/mol. The van der Waals surface area contributed by atoms with Crippen LogP contribution in [0.25, 0.3) is 0 Å². The van der Waals surface area contributed by atoms with E-state index in [0.717, 1.165) is 0 Å². The van der Waals surface area contributed by atoms with Gasteiger partial charge in [0.2, 0.25) is 0 Å². The molecule has 0 aromatic rings. The van der Waals surface area contributed by atoms with E-state index in [1.54, 1.807) is 0 Å². The Morgan fingerprint density at radius 2 is 0.500 bits per heavy atom. The summed E-state index contributed by atoms with van der Waals surface area (Å²) in [6.45, 7) is 0. The first-order valence-corrected chi connectivity index (χ1v) is 3.34. The van der Waals surface area contributed by atoms with Gasteiger partial charge in [-0.05, 0) is 0 Å². The van der Waals surface area contributed by atoms with E-state index in [4.69, 9.17) is 21.0 Å². The molecule has 0 atom stereocenters. The minimum Gasteiger partial charge on any atom is -0.696 e. The molecule has 0 aliphatic heterocycles. The quantitative estimate of drug-likeness (QED) is 0.340. The molecule has 0 aromatic carbocycles. The van der Waals surface area contributed by atoms with E-state index in [2.05, 4.69) is 50.5 Å². The zero-order chi connectivity index (χ0) is 10.8. The van der Waals surface area contributed by atoms with Crippen LogP contribution in [0, 0.1) is 42.7 Å². The molecule has 0 N–H and O–H groups in total. The third-order valence-electron chi connectivity index (χ3n) is 0. The van der Waals surface area contributed by atoms with Crippen LogP contribution in [0.1, 0.15) is 0 Å². The van der Waals surface area contributed by atoms with E-state index in [1.807, 2.05) is 0 Å². The molecular formula is C4Cu2N4S4. The van der Waals surface area contributed by atoms with Crippen LogP contribution in [-0.4, -0.2) is 0 Å². The molecule has 82 valence electrons. The molecule has 0 rings (SSSR count). The van der Waals surface area contributed by atoms with Crippen molar-refractivity contribution in [2.75, 3.05) is 0 Å². The maximum absolute atomic E-state index is 7.13. The number of nitriles is 4. The summed E-state index contributed by atoms with van der Waals surface area (Å²) in [5.41, 5.74) is 0. The summed E-state index contributed by atoms with van der Waals surface area (Å²) < 4.78 is 0. The molecule has 2 radical (unpaired) electrons. The van der Waals surface area contributed by atoms with Gasteiger partial charge in [0.05, 0.1) is 0 Å². The standard InChI is InChI=1S/4CHNS.2Cu/c4*2-1-3;;/h4*3H;;/q;;;;2*+2/p-4. The van der Waals surface area contributed by atoms with E-state index in [1.165, 1.54) is 21.6 Å². The van der Waals surface area contributed by atoms with Crippen molar-refractivity contribution in [1.29, 1.82) is 21.0 Å². The van der Waals surface area contributed by atoms with Gasteiger partial charge >= 0.3 is 34.1 Å². The molecule has 10 heteroatoms. The van der Waals surface area contributed by atoms with Gasteiger partial charge in [-0.15, -0.1) is 0 Å². The molecule has 0 saturated carbocycles. The SMILES string of the molecule is N#C[S-].N#C[S-].N#C[S-].N#C[S-].[Cu+2].[Cu+2]. The number of rotatable bonds is 0. The molecule has 0 heterocycles. The van der Waals surface area contributed by atoms with Gasteiger partial charge in [0.1, 0.15) is 0 Å². The average molecular weight is 359 g/mol. The summed E-state index contributed by atoms with van der Waals surface area (Å²) in [7, 11) is 0. The Balaban J connectivity index is -0.0000000145. The first kappa shape index (κ1) is 37.1. The van der Waals surface area contributed by atoms with Crippen molar-refractivity contribution in [3.8, 4) is 21.6 Å². The zero-order valence-electron chi connectivity index (χ0n) is 6.02. The largest absolute Gasteiger partial charge is 2.00 e. The molecule has 14 heavy (non-hydrogen) atoms. The second-order valence-electron chi connectivity index (χ2n) is 0.365. The number of hydrogen-bond donors (Lipinski definition) is 0. The summed E-state index contributed by atoms with van der Waals surface area (Å²) in [5, 5.41) is 33.9. The van der Waals surface area contributed by atoms with Crippen molar-refractivity contribution in [3.63, 3.8) is 0 Å². The van der Waals surface area contributed by atoms with Crippen LogP contribution in [0.15, 0.2) is 0 Å². The third-order valence-corrected chi connectivity index (χ3v) is 0. The molecule has 0 aliphatic rings. The van der Waals surface area contributed by atoms with Crippen LogP contribution < -0.4 is 0 Å². The minimum absolute atomic E-state index is 0. The van der Waals surface area contributed by atoms with Crippen molar-refractivity contribution in [2.24, 2.45) is 0 Å². The molecule has 0 bridgehead atoms. The van der Waals surface area contributed by atoms with Crippen molar-refractivity contribution in [1.82, 2.24) is 0 Å². The smallest absolute Gasteiger partial charge is 0.696 e. The molecule has 0 fully saturated rings. The van der Waals surface area contributed by atoms with Crippen LogP contribution >= 0.6 is 0 Å². The van der Waals surface area contributed by atoms with Crippen LogP contribution in [0.2, 0.25) is 0 Å². The summed E-state index contributed by atoms with van der Waals surface area (Å²) in [6.07, 6.45) is 0. The van der Waals surface area contributed by atoms with Crippen LogP contribution in [0.3, 0.4) is 0 Å². The van der Waals surface area contributed by atoms with Gasteiger partial charge in [0, 0.05) is 0 Å². The maximum Gasteiger partial charge on any atom is 2.00 e. The fourth-order valence-electron chi connectivity index (χ4n) is 0. The van der Waals surface area contributed by atoms with Gasteiger partial charge in [-0.1, -0.05) is 21.6 Å². The van der Waals surface area contributed by atoms with Crippen molar-refractivity contribution < 1.29 is 34.1 Å². The van der Waals surface area contributed by atoms with E-state index < -0.39 is 0 Å². The van der Waals surface area contributed by atoms with E-state index in [9.17, 15) is 0 Å². The summed E-state index contributed by atoms with van der Waals surface area (Å²) in [5.74, 6) is 0. The molecule has 0 saturated heterocycles. The fraction of sp³-hybridized carbons (Fsp3) is 0. The normalized spacial score (nSPS) is 2.00. The zero-order valence-corrected chi connectivity index (χ0v) is 11.2. The van der Waals surface area contributed by atoms with Crippen molar-refractivity contribution in [2.45, 2.75) is 0 Å². The third kappa shape index (κ3) is 96000. The maximum atomic E-state index is 7.13. The van der Waals surface area contributed by atoms with Crippen molar-refractivity contribution in [3.05, 3.63) is 0 Å². The molecule has 0 unspecified atom stereocenters.